The van der Waals surface area contributed by atoms with E-state index in [-0.39, 0.29) is 0 Å². The quantitative estimate of drug-likeness (QED) is 0.541. The summed E-state index contributed by atoms with van der Waals surface area (Å²) in [7, 11) is 0. The molecule has 2 aromatic carbocycles. The van der Waals surface area contributed by atoms with Gasteiger partial charge in [-0.25, -0.2) is 9.97 Å². The Morgan fingerprint density at radius 3 is 1.88 bits per heavy atom. The first-order valence-corrected chi connectivity index (χ1v) is 8.73. The molecule has 0 saturated carbocycles. The maximum atomic E-state index is 6.03. The van der Waals surface area contributed by atoms with Gasteiger partial charge in [-0.05, 0) is 55.3 Å². The zero-order chi connectivity index (χ0) is 17.1. The fourth-order valence-electron chi connectivity index (χ4n) is 2.72. The summed E-state index contributed by atoms with van der Waals surface area (Å²) in [5, 5.41) is 1.43. The van der Waals surface area contributed by atoms with Crippen molar-refractivity contribution in [2.75, 3.05) is 0 Å². The van der Waals surface area contributed by atoms with E-state index < -0.39 is 0 Å². The highest BCUT2D eigenvalue weighted by Gasteiger charge is 2.14. The Kier molecular flexibility index (Phi) is 5.17. The van der Waals surface area contributed by atoms with E-state index in [0.717, 1.165) is 40.4 Å². The maximum absolute atomic E-state index is 6.03. The van der Waals surface area contributed by atoms with Crippen LogP contribution in [0.3, 0.4) is 0 Å². The smallest absolute Gasteiger partial charge is 0.160 e. The lowest BCUT2D eigenvalue weighted by atomic mass is 10.0. The number of halogens is 2. The highest BCUT2D eigenvalue weighted by atomic mass is 35.5. The van der Waals surface area contributed by atoms with Crippen LogP contribution in [0.15, 0.2) is 48.5 Å². The lowest BCUT2D eigenvalue weighted by Crippen LogP contribution is -2.03. The monoisotopic (exact) mass is 356 g/mol. The molecule has 1 aromatic heterocycles. The fraction of sp³-hybridized carbons (Fsp3) is 0.200. The normalized spacial score (nSPS) is 10.8. The van der Waals surface area contributed by atoms with E-state index in [2.05, 4.69) is 6.92 Å². The van der Waals surface area contributed by atoms with Gasteiger partial charge in [-0.15, -0.1) is 0 Å². The molecule has 0 N–H and O–H groups in total. The zero-order valence-electron chi connectivity index (χ0n) is 13.7. The molecule has 0 aliphatic heterocycles. The molecule has 3 aromatic rings. The number of hydrogen-bond acceptors (Lipinski definition) is 2. The van der Waals surface area contributed by atoms with Crippen molar-refractivity contribution in [2.24, 2.45) is 0 Å². The number of rotatable bonds is 4. The SMILES string of the molecule is CCCc1c(C)nc(-c2ccc(Cl)cc2)nc1-c1ccc(Cl)cc1. The van der Waals surface area contributed by atoms with Crippen LogP contribution in [0, 0.1) is 6.92 Å². The topological polar surface area (TPSA) is 25.8 Å². The van der Waals surface area contributed by atoms with Gasteiger partial charge in [0.15, 0.2) is 5.82 Å². The van der Waals surface area contributed by atoms with E-state index >= 15 is 0 Å². The van der Waals surface area contributed by atoms with Crippen LogP contribution < -0.4 is 0 Å². The molecule has 0 aliphatic rings. The molecule has 24 heavy (non-hydrogen) atoms. The van der Waals surface area contributed by atoms with E-state index in [0.29, 0.717) is 10.8 Å². The highest BCUT2D eigenvalue weighted by molar-refractivity contribution is 6.30. The van der Waals surface area contributed by atoms with Gasteiger partial charge in [0.1, 0.15) is 0 Å². The van der Waals surface area contributed by atoms with Crippen LogP contribution in [0.25, 0.3) is 22.6 Å². The van der Waals surface area contributed by atoms with Crippen LogP contribution in [0.4, 0.5) is 0 Å². The van der Waals surface area contributed by atoms with Crippen LogP contribution in [-0.2, 0) is 6.42 Å². The van der Waals surface area contributed by atoms with E-state index in [1.807, 2.05) is 55.5 Å². The molecular formula is C20H18Cl2N2. The van der Waals surface area contributed by atoms with Crippen molar-refractivity contribution >= 4 is 23.2 Å². The highest BCUT2D eigenvalue weighted by Crippen LogP contribution is 2.29. The molecule has 122 valence electrons. The summed E-state index contributed by atoms with van der Waals surface area (Å²) in [4.78, 5) is 9.57. The molecule has 1 heterocycles. The molecule has 0 bridgehead atoms. The Hall–Kier alpha value is -1.90. The van der Waals surface area contributed by atoms with Crippen molar-refractivity contribution in [3.8, 4) is 22.6 Å². The second-order valence-electron chi connectivity index (χ2n) is 5.72. The third-order valence-corrected chi connectivity index (χ3v) is 4.44. The summed E-state index contributed by atoms with van der Waals surface area (Å²) in [6.45, 7) is 4.21. The van der Waals surface area contributed by atoms with Crippen molar-refractivity contribution in [1.29, 1.82) is 0 Å². The van der Waals surface area contributed by atoms with Crippen molar-refractivity contribution < 1.29 is 0 Å². The van der Waals surface area contributed by atoms with Gasteiger partial charge >= 0.3 is 0 Å². The van der Waals surface area contributed by atoms with Crippen LogP contribution >= 0.6 is 23.2 Å². The van der Waals surface area contributed by atoms with Gasteiger partial charge < -0.3 is 0 Å². The lowest BCUT2D eigenvalue weighted by molar-refractivity contribution is 0.888. The summed E-state index contributed by atoms with van der Waals surface area (Å²) >= 11 is 12.0. The Balaban J connectivity index is 2.16. The van der Waals surface area contributed by atoms with E-state index in [4.69, 9.17) is 33.2 Å². The fourth-order valence-corrected chi connectivity index (χ4v) is 2.97. The summed E-state index contributed by atoms with van der Waals surface area (Å²) < 4.78 is 0. The average molecular weight is 357 g/mol. The first kappa shape index (κ1) is 16.9. The Morgan fingerprint density at radius 1 is 0.792 bits per heavy atom. The zero-order valence-corrected chi connectivity index (χ0v) is 15.2. The number of hydrogen-bond donors (Lipinski definition) is 0. The van der Waals surface area contributed by atoms with E-state index in [1.165, 1.54) is 5.56 Å². The lowest BCUT2D eigenvalue weighted by Gasteiger charge is -2.13. The molecule has 0 spiro atoms. The third-order valence-electron chi connectivity index (χ3n) is 3.93. The summed E-state index contributed by atoms with van der Waals surface area (Å²) in [6, 6.07) is 15.4. The largest absolute Gasteiger partial charge is 0.233 e. The molecular weight excluding hydrogens is 339 g/mol. The second-order valence-corrected chi connectivity index (χ2v) is 6.60. The number of aromatic nitrogens is 2. The summed E-state index contributed by atoms with van der Waals surface area (Å²) in [6.07, 6.45) is 2.00. The Labute approximate surface area is 152 Å². The molecule has 0 saturated heterocycles. The third kappa shape index (κ3) is 3.61. The second kappa shape index (κ2) is 7.33. The van der Waals surface area contributed by atoms with E-state index in [9.17, 15) is 0 Å². The summed E-state index contributed by atoms with van der Waals surface area (Å²) in [5.41, 5.74) is 5.20. The molecule has 0 radical (unpaired) electrons. The maximum Gasteiger partial charge on any atom is 0.160 e. The van der Waals surface area contributed by atoms with Gasteiger partial charge in [-0.2, -0.15) is 0 Å². The van der Waals surface area contributed by atoms with Crippen LogP contribution in [0.1, 0.15) is 24.6 Å². The molecule has 2 nitrogen and oxygen atoms in total. The number of benzene rings is 2. The van der Waals surface area contributed by atoms with Gasteiger partial charge in [0.2, 0.25) is 0 Å². The standard InChI is InChI=1S/C20H18Cl2N2/c1-3-4-18-13(2)23-20(15-7-11-17(22)12-8-15)24-19(18)14-5-9-16(21)10-6-14/h5-12H,3-4H2,1-2H3. The minimum atomic E-state index is 0.705. The molecule has 3 rings (SSSR count). The summed E-state index contributed by atoms with van der Waals surface area (Å²) in [5.74, 6) is 0.717. The predicted molar refractivity (Wildman–Crippen MR) is 102 cm³/mol. The van der Waals surface area contributed by atoms with E-state index in [1.54, 1.807) is 0 Å². The Bertz CT molecular complexity index is 841. The number of nitrogens with zero attached hydrogens (tertiary/aromatic N) is 2. The van der Waals surface area contributed by atoms with Crippen LogP contribution in [0.5, 0.6) is 0 Å². The first-order valence-electron chi connectivity index (χ1n) is 7.98. The molecule has 0 unspecified atom stereocenters. The average Bonchev–Trinajstić information content (AvgIpc) is 2.58. The number of aryl methyl sites for hydroxylation is 1. The minimum absolute atomic E-state index is 0.705. The molecule has 0 amide bonds. The van der Waals surface area contributed by atoms with Gasteiger partial charge in [0.05, 0.1) is 5.69 Å². The first-order chi connectivity index (χ1) is 11.6. The van der Waals surface area contributed by atoms with Crippen LogP contribution in [0.2, 0.25) is 10.0 Å². The minimum Gasteiger partial charge on any atom is -0.233 e. The van der Waals surface area contributed by atoms with Gasteiger partial charge in [-0.3, -0.25) is 0 Å². The van der Waals surface area contributed by atoms with Crippen molar-refractivity contribution in [3.05, 3.63) is 69.8 Å². The Morgan fingerprint density at radius 2 is 1.33 bits per heavy atom. The molecule has 0 atom stereocenters. The molecule has 4 heteroatoms. The van der Waals surface area contributed by atoms with Gasteiger partial charge in [0.25, 0.3) is 0 Å². The predicted octanol–water partition coefficient (Wildman–Crippen LogP) is 6.38. The van der Waals surface area contributed by atoms with Crippen molar-refractivity contribution in [2.45, 2.75) is 26.7 Å². The van der Waals surface area contributed by atoms with Gasteiger partial charge in [-0.1, -0.05) is 48.7 Å². The van der Waals surface area contributed by atoms with Crippen LogP contribution in [-0.4, -0.2) is 9.97 Å². The van der Waals surface area contributed by atoms with Gasteiger partial charge in [0, 0.05) is 26.9 Å². The van der Waals surface area contributed by atoms with Crippen molar-refractivity contribution in [1.82, 2.24) is 9.97 Å². The molecule has 0 fully saturated rings. The molecule has 0 aliphatic carbocycles. The van der Waals surface area contributed by atoms with Crippen molar-refractivity contribution in [3.63, 3.8) is 0 Å².